The van der Waals surface area contributed by atoms with Gasteiger partial charge < -0.3 is 4.90 Å². The Morgan fingerprint density at radius 3 is 2.48 bits per heavy atom. The summed E-state index contributed by atoms with van der Waals surface area (Å²) in [4.78, 5) is 15.5. The third kappa shape index (κ3) is 3.35. The normalized spacial score (nSPS) is 15.2. The van der Waals surface area contributed by atoms with Gasteiger partial charge in [-0.15, -0.1) is 0 Å². The molecule has 0 bridgehead atoms. The summed E-state index contributed by atoms with van der Waals surface area (Å²) in [6.45, 7) is 0.652. The lowest BCUT2D eigenvalue weighted by molar-refractivity contribution is 0.354. The van der Waals surface area contributed by atoms with Gasteiger partial charge in [-0.2, -0.15) is 17.0 Å². The van der Waals surface area contributed by atoms with Crippen molar-refractivity contribution in [1.82, 2.24) is 23.6 Å². The Labute approximate surface area is 148 Å². The fourth-order valence-corrected chi connectivity index (χ4v) is 3.86. The highest BCUT2D eigenvalue weighted by Gasteiger charge is 2.31. The molecule has 3 heterocycles. The van der Waals surface area contributed by atoms with E-state index in [1.165, 1.54) is 22.7 Å². The van der Waals surface area contributed by atoms with Crippen molar-refractivity contribution in [1.29, 1.82) is 0 Å². The van der Waals surface area contributed by atoms with Crippen LogP contribution in [0.2, 0.25) is 0 Å². The van der Waals surface area contributed by atoms with E-state index in [2.05, 4.69) is 15.0 Å². The van der Waals surface area contributed by atoms with Crippen LogP contribution < -0.4 is 4.90 Å². The molecule has 0 spiro atoms. The Morgan fingerprint density at radius 2 is 1.88 bits per heavy atom. The summed E-state index contributed by atoms with van der Waals surface area (Å²) in [6, 6.07) is 5.56. The Bertz CT molecular complexity index is 868. The molecule has 1 aliphatic heterocycles. The van der Waals surface area contributed by atoms with Gasteiger partial charge in [0.25, 0.3) is 10.2 Å². The summed E-state index contributed by atoms with van der Waals surface area (Å²) >= 11 is 0. The predicted molar refractivity (Wildman–Crippen MR) is 96.3 cm³/mol. The molecule has 9 heteroatoms. The summed E-state index contributed by atoms with van der Waals surface area (Å²) < 4.78 is 27.6. The Balaban J connectivity index is 2.08. The second-order valence-corrected chi connectivity index (χ2v) is 8.42. The topological polar surface area (TPSA) is 82.5 Å². The molecule has 25 heavy (non-hydrogen) atoms. The van der Waals surface area contributed by atoms with Gasteiger partial charge in [0.2, 0.25) is 0 Å². The van der Waals surface area contributed by atoms with E-state index in [-0.39, 0.29) is 6.54 Å². The first kappa shape index (κ1) is 17.7. The van der Waals surface area contributed by atoms with Gasteiger partial charge >= 0.3 is 0 Å². The highest BCUT2D eigenvalue weighted by atomic mass is 32.2. The second kappa shape index (κ2) is 6.66. The number of rotatable bonds is 4. The molecule has 134 valence electrons. The van der Waals surface area contributed by atoms with Gasteiger partial charge in [0.15, 0.2) is 5.82 Å². The summed E-state index contributed by atoms with van der Waals surface area (Å²) in [6.07, 6.45) is 2.27. The molecule has 0 fully saturated rings. The van der Waals surface area contributed by atoms with Crippen LogP contribution in [0.4, 0.5) is 5.82 Å². The Hall–Kier alpha value is -2.10. The molecule has 0 aromatic carbocycles. The molecule has 0 amide bonds. The largest absolute Gasteiger partial charge is 0.362 e. The highest BCUT2D eigenvalue weighted by molar-refractivity contribution is 7.86. The van der Waals surface area contributed by atoms with Crippen LogP contribution in [0.1, 0.15) is 11.3 Å². The molecule has 8 nitrogen and oxygen atoms in total. The van der Waals surface area contributed by atoms with Crippen molar-refractivity contribution in [2.45, 2.75) is 13.0 Å². The van der Waals surface area contributed by atoms with Crippen LogP contribution in [0.5, 0.6) is 0 Å². The van der Waals surface area contributed by atoms with Gasteiger partial charge in [0, 0.05) is 46.5 Å². The molecular weight excluding hydrogens is 340 g/mol. The average molecular weight is 362 g/mol. The first-order valence-corrected chi connectivity index (χ1v) is 9.36. The second-order valence-electron chi connectivity index (χ2n) is 6.28. The first-order valence-electron chi connectivity index (χ1n) is 7.97. The van der Waals surface area contributed by atoms with Gasteiger partial charge in [-0.1, -0.05) is 6.07 Å². The van der Waals surface area contributed by atoms with Crippen molar-refractivity contribution in [2.24, 2.45) is 0 Å². The monoisotopic (exact) mass is 362 g/mol. The minimum Gasteiger partial charge on any atom is -0.362 e. The molecule has 0 saturated heterocycles. The maximum absolute atomic E-state index is 12.5. The molecular formula is C16H22N6O2S. The standard InChI is InChI=1S/C16H22N6O2S/c1-20(2)16-12-8-10-22(25(23,24)21(3)4)11-14(12)18-15(19-16)13-7-5-6-9-17-13/h5-7,9H,8,10-11H2,1-4H3. The maximum atomic E-state index is 12.5. The summed E-state index contributed by atoms with van der Waals surface area (Å²) in [5.74, 6) is 1.32. The third-order valence-corrected chi connectivity index (χ3v) is 6.00. The molecule has 2 aromatic heterocycles. The van der Waals surface area contributed by atoms with Gasteiger partial charge in [0.1, 0.15) is 11.5 Å². The molecule has 0 radical (unpaired) electrons. The lowest BCUT2D eigenvalue weighted by Crippen LogP contribution is -2.43. The van der Waals surface area contributed by atoms with Crippen molar-refractivity contribution in [2.75, 3.05) is 39.6 Å². The van der Waals surface area contributed by atoms with Gasteiger partial charge in [-0.3, -0.25) is 4.98 Å². The van der Waals surface area contributed by atoms with E-state index in [4.69, 9.17) is 0 Å². The Morgan fingerprint density at radius 1 is 1.12 bits per heavy atom. The number of hydrogen-bond donors (Lipinski definition) is 0. The quantitative estimate of drug-likeness (QED) is 0.799. The van der Waals surface area contributed by atoms with E-state index in [9.17, 15) is 8.42 Å². The van der Waals surface area contributed by atoms with E-state index in [1.807, 2.05) is 37.2 Å². The lowest BCUT2D eigenvalue weighted by Gasteiger charge is -2.31. The van der Waals surface area contributed by atoms with Crippen molar-refractivity contribution in [3.05, 3.63) is 35.7 Å². The SMILES string of the molecule is CN(C)c1nc(-c2ccccn2)nc2c1CCN(S(=O)(=O)N(C)C)C2. The van der Waals surface area contributed by atoms with Crippen LogP contribution in [0.3, 0.4) is 0 Å². The minimum atomic E-state index is -3.48. The number of pyridine rings is 1. The minimum absolute atomic E-state index is 0.235. The number of aromatic nitrogens is 3. The van der Waals surface area contributed by atoms with Crippen molar-refractivity contribution >= 4 is 16.0 Å². The molecule has 0 atom stereocenters. The van der Waals surface area contributed by atoms with Crippen LogP contribution in [-0.4, -0.2) is 66.7 Å². The number of nitrogens with zero attached hydrogens (tertiary/aromatic N) is 6. The summed E-state index contributed by atoms with van der Waals surface area (Å²) in [7, 11) is 3.45. The third-order valence-electron chi connectivity index (χ3n) is 4.11. The highest BCUT2D eigenvalue weighted by Crippen LogP contribution is 2.29. The first-order chi connectivity index (χ1) is 11.8. The Kier molecular flexibility index (Phi) is 4.72. The molecule has 0 N–H and O–H groups in total. The number of hydrogen-bond acceptors (Lipinski definition) is 6. The van der Waals surface area contributed by atoms with Crippen LogP contribution in [0.15, 0.2) is 24.4 Å². The van der Waals surface area contributed by atoms with E-state index < -0.39 is 10.2 Å². The van der Waals surface area contributed by atoms with Crippen molar-refractivity contribution in [3.8, 4) is 11.5 Å². The van der Waals surface area contributed by atoms with Crippen molar-refractivity contribution < 1.29 is 8.42 Å². The van der Waals surface area contributed by atoms with E-state index in [0.717, 1.165) is 17.1 Å². The van der Waals surface area contributed by atoms with E-state index in [1.54, 1.807) is 6.20 Å². The van der Waals surface area contributed by atoms with Crippen LogP contribution in [-0.2, 0) is 23.2 Å². The zero-order valence-corrected chi connectivity index (χ0v) is 15.7. The van der Waals surface area contributed by atoms with Gasteiger partial charge in [-0.25, -0.2) is 9.97 Å². The molecule has 0 aliphatic carbocycles. The maximum Gasteiger partial charge on any atom is 0.281 e. The zero-order valence-electron chi connectivity index (χ0n) is 14.8. The fourth-order valence-electron chi connectivity index (χ4n) is 2.79. The zero-order chi connectivity index (χ0) is 18.2. The van der Waals surface area contributed by atoms with E-state index >= 15 is 0 Å². The van der Waals surface area contributed by atoms with E-state index in [0.29, 0.717) is 24.5 Å². The number of fused-ring (bicyclic) bond motifs is 1. The average Bonchev–Trinajstić information content (AvgIpc) is 2.60. The molecule has 0 saturated carbocycles. The van der Waals surface area contributed by atoms with Crippen molar-refractivity contribution in [3.63, 3.8) is 0 Å². The predicted octanol–water partition coefficient (Wildman–Crippen LogP) is 0.769. The summed E-state index contributed by atoms with van der Waals surface area (Å²) in [5, 5.41) is 0. The van der Waals surface area contributed by atoms with Crippen LogP contribution in [0, 0.1) is 0 Å². The van der Waals surface area contributed by atoms with Crippen LogP contribution in [0.25, 0.3) is 11.5 Å². The lowest BCUT2D eigenvalue weighted by atomic mass is 10.1. The van der Waals surface area contributed by atoms with Gasteiger partial charge in [0.05, 0.1) is 12.2 Å². The molecule has 2 aromatic rings. The smallest absolute Gasteiger partial charge is 0.281 e. The van der Waals surface area contributed by atoms with Crippen LogP contribution >= 0.6 is 0 Å². The fraction of sp³-hybridized carbons (Fsp3) is 0.438. The number of anilines is 1. The summed E-state index contributed by atoms with van der Waals surface area (Å²) in [5.41, 5.74) is 2.40. The van der Waals surface area contributed by atoms with Gasteiger partial charge in [-0.05, 0) is 18.6 Å². The molecule has 1 aliphatic rings. The molecule has 0 unspecified atom stereocenters. The molecule has 3 rings (SSSR count).